The van der Waals surface area contributed by atoms with Gasteiger partial charge in [-0.3, -0.25) is 19.4 Å². The van der Waals surface area contributed by atoms with Crippen LogP contribution in [0, 0.1) is 19.8 Å². The molecular formula is C25H23F3N4O5. The SMILES string of the molecule is CCOC(=O)C1CN(c2ccc(-c3nnc(C)o3)cc2)C(=O)N(Cc2cccc(C(F)(F)F)c2C)C1=O. The minimum absolute atomic E-state index is 0.0155. The first-order valence-corrected chi connectivity index (χ1v) is 11.4. The smallest absolute Gasteiger partial charge is 0.416 e. The number of ether oxygens (including phenoxy) is 1. The zero-order valence-electron chi connectivity index (χ0n) is 20.2. The van der Waals surface area contributed by atoms with E-state index < -0.39 is 42.1 Å². The van der Waals surface area contributed by atoms with Crippen LogP contribution in [-0.2, 0) is 27.0 Å². The lowest BCUT2D eigenvalue weighted by Gasteiger charge is -2.38. The fraction of sp³-hybridized carbons (Fsp3) is 0.320. The second-order valence-corrected chi connectivity index (χ2v) is 8.38. The minimum Gasteiger partial charge on any atom is -0.465 e. The number of aryl methyl sites for hydroxylation is 1. The summed E-state index contributed by atoms with van der Waals surface area (Å²) >= 11 is 0. The Morgan fingerprint density at radius 2 is 1.81 bits per heavy atom. The number of nitrogens with zero attached hydrogens (tertiary/aromatic N) is 4. The highest BCUT2D eigenvalue weighted by Gasteiger charge is 2.44. The first-order chi connectivity index (χ1) is 17.5. The summed E-state index contributed by atoms with van der Waals surface area (Å²) in [6, 6.07) is 9.20. The average molecular weight is 516 g/mol. The van der Waals surface area contributed by atoms with Crippen molar-refractivity contribution >= 4 is 23.6 Å². The minimum atomic E-state index is -4.60. The lowest BCUT2D eigenvalue weighted by Crippen LogP contribution is -2.58. The van der Waals surface area contributed by atoms with Gasteiger partial charge in [0.2, 0.25) is 17.7 Å². The molecule has 0 N–H and O–H groups in total. The Morgan fingerprint density at radius 3 is 2.41 bits per heavy atom. The van der Waals surface area contributed by atoms with Crippen molar-refractivity contribution < 1.29 is 36.7 Å². The van der Waals surface area contributed by atoms with Gasteiger partial charge in [-0.1, -0.05) is 12.1 Å². The second kappa shape index (κ2) is 10.0. The van der Waals surface area contributed by atoms with Crippen LogP contribution in [0.4, 0.5) is 23.7 Å². The van der Waals surface area contributed by atoms with Gasteiger partial charge in [0.1, 0.15) is 0 Å². The topological polar surface area (TPSA) is 106 Å². The van der Waals surface area contributed by atoms with Gasteiger partial charge in [0.05, 0.1) is 25.3 Å². The number of imide groups is 1. The van der Waals surface area contributed by atoms with E-state index in [4.69, 9.17) is 9.15 Å². The maximum absolute atomic E-state index is 13.4. The van der Waals surface area contributed by atoms with Crippen molar-refractivity contribution in [3.63, 3.8) is 0 Å². The van der Waals surface area contributed by atoms with Gasteiger partial charge >= 0.3 is 18.2 Å². The molecule has 0 spiro atoms. The first-order valence-electron chi connectivity index (χ1n) is 11.4. The fourth-order valence-corrected chi connectivity index (χ4v) is 4.08. The maximum atomic E-state index is 13.4. The van der Waals surface area contributed by atoms with Gasteiger partial charge in [0.15, 0.2) is 5.92 Å². The van der Waals surface area contributed by atoms with Gasteiger partial charge in [-0.05, 0) is 55.3 Å². The van der Waals surface area contributed by atoms with Crippen LogP contribution < -0.4 is 4.90 Å². The van der Waals surface area contributed by atoms with E-state index in [0.29, 0.717) is 17.1 Å². The van der Waals surface area contributed by atoms with E-state index in [1.165, 1.54) is 24.0 Å². The summed E-state index contributed by atoms with van der Waals surface area (Å²) in [6.07, 6.45) is -4.60. The number of carbonyl (C=O) groups excluding carboxylic acids is 3. The van der Waals surface area contributed by atoms with Gasteiger partial charge in [-0.2, -0.15) is 13.2 Å². The highest BCUT2D eigenvalue weighted by atomic mass is 19.4. The van der Waals surface area contributed by atoms with Gasteiger partial charge < -0.3 is 9.15 Å². The van der Waals surface area contributed by atoms with Gasteiger partial charge in [-0.15, -0.1) is 10.2 Å². The summed E-state index contributed by atoms with van der Waals surface area (Å²) in [5.74, 6) is -2.36. The molecule has 9 nitrogen and oxygen atoms in total. The summed E-state index contributed by atoms with van der Waals surface area (Å²) in [6.45, 7) is 3.78. The molecule has 1 aliphatic rings. The van der Waals surface area contributed by atoms with Crippen LogP contribution in [0.5, 0.6) is 0 Å². The van der Waals surface area contributed by atoms with E-state index in [2.05, 4.69) is 10.2 Å². The molecule has 0 bridgehead atoms. The number of alkyl halides is 3. The summed E-state index contributed by atoms with van der Waals surface area (Å²) in [4.78, 5) is 41.2. The molecule has 1 aromatic heterocycles. The molecule has 3 aromatic rings. The molecule has 3 amide bonds. The molecule has 1 aliphatic heterocycles. The summed E-state index contributed by atoms with van der Waals surface area (Å²) in [7, 11) is 0. The number of carbonyl (C=O) groups is 3. The third-order valence-corrected chi connectivity index (χ3v) is 5.99. The Morgan fingerprint density at radius 1 is 1.11 bits per heavy atom. The van der Waals surface area contributed by atoms with Gasteiger partial charge in [-0.25, -0.2) is 4.79 Å². The molecule has 37 heavy (non-hydrogen) atoms. The van der Waals surface area contributed by atoms with Crippen molar-refractivity contribution in [1.82, 2.24) is 15.1 Å². The number of rotatable bonds is 6. The molecule has 4 rings (SSSR count). The normalized spacial score (nSPS) is 16.3. The lowest BCUT2D eigenvalue weighted by molar-refractivity contribution is -0.154. The van der Waals surface area contributed by atoms with E-state index in [0.717, 1.165) is 11.0 Å². The number of hydrogen-bond donors (Lipinski definition) is 0. The van der Waals surface area contributed by atoms with Crippen LogP contribution >= 0.6 is 0 Å². The quantitative estimate of drug-likeness (QED) is 0.350. The Hall–Kier alpha value is -4.22. The molecule has 194 valence electrons. The van der Waals surface area contributed by atoms with E-state index in [1.54, 1.807) is 38.1 Å². The number of urea groups is 1. The number of amides is 3. The molecule has 2 aromatic carbocycles. The van der Waals surface area contributed by atoms with E-state index >= 15 is 0 Å². The number of benzene rings is 2. The Balaban J connectivity index is 1.68. The zero-order valence-corrected chi connectivity index (χ0v) is 20.2. The molecule has 0 aliphatic carbocycles. The van der Waals surface area contributed by atoms with Crippen LogP contribution in [0.3, 0.4) is 0 Å². The van der Waals surface area contributed by atoms with Crippen molar-refractivity contribution in [3.05, 3.63) is 65.0 Å². The third kappa shape index (κ3) is 5.18. The largest absolute Gasteiger partial charge is 0.465 e. The predicted molar refractivity (Wildman–Crippen MR) is 124 cm³/mol. The van der Waals surface area contributed by atoms with Gasteiger partial charge in [0, 0.05) is 18.2 Å². The Labute approximate surface area is 209 Å². The van der Waals surface area contributed by atoms with Crippen molar-refractivity contribution in [2.45, 2.75) is 33.5 Å². The highest BCUT2D eigenvalue weighted by Crippen LogP contribution is 2.34. The number of halogens is 3. The molecule has 0 saturated carbocycles. The third-order valence-electron chi connectivity index (χ3n) is 5.99. The number of aromatic nitrogens is 2. The predicted octanol–water partition coefficient (Wildman–Crippen LogP) is 4.52. The average Bonchev–Trinajstić information content (AvgIpc) is 3.28. The molecule has 1 unspecified atom stereocenters. The first kappa shape index (κ1) is 25.9. The molecule has 1 atom stereocenters. The number of hydrogen-bond acceptors (Lipinski definition) is 7. The molecule has 1 fully saturated rings. The zero-order chi connectivity index (χ0) is 26.9. The van der Waals surface area contributed by atoms with Gasteiger partial charge in [0.25, 0.3) is 0 Å². The Kier molecular flexibility index (Phi) is 7.01. The summed E-state index contributed by atoms with van der Waals surface area (Å²) < 4.78 is 50.7. The second-order valence-electron chi connectivity index (χ2n) is 8.38. The lowest BCUT2D eigenvalue weighted by atomic mass is 9.99. The van der Waals surface area contributed by atoms with Crippen LogP contribution in [0.15, 0.2) is 46.9 Å². The fourth-order valence-electron chi connectivity index (χ4n) is 4.08. The van der Waals surface area contributed by atoms with E-state index in [-0.39, 0.29) is 30.2 Å². The van der Waals surface area contributed by atoms with E-state index in [9.17, 15) is 27.6 Å². The molecule has 1 saturated heterocycles. The number of esters is 1. The highest BCUT2D eigenvalue weighted by molar-refractivity contribution is 6.12. The molecular weight excluding hydrogens is 493 g/mol. The van der Waals surface area contributed by atoms with Crippen molar-refractivity contribution in [1.29, 1.82) is 0 Å². The molecule has 12 heteroatoms. The van der Waals surface area contributed by atoms with Crippen LogP contribution in [0.25, 0.3) is 11.5 Å². The Bertz CT molecular complexity index is 1340. The van der Waals surface area contributed by atoms with Crippen molar-refractivity contribution in [2.75, 3.05) is 18.1 Å². The van der Waals surface area contributed by atoms with Crippen LogP contribution in [0.1, 0.15) is 29.5 Å². The van der Waals surface area contributed by atoms with Crippen molar-refractivity contribution in [3.8, 4) is 11.5 Å². The van der Waals surface area contributed by atoms with Crippen LogP contribution in [0.2, 0.25) is 0 Å². The number of anilines is 1. The van der Waals surface area contributed by atoms with Crippen LogP contribution in [-0.4, -0.2) is 46.2 Å². The summed E-state index contributed by atoms with van der Waals surface area (Å²) in [5, 5.41) is 7.71. The maximum Gasteiger partial charge on any atom is 0.416 e. The standard InChI is InChI=1S/C25H23F3N4O5/c1-4-36-23(34)19-13-31(18-10-8-16(9-11-18)21-30-29-15(3)37-21)24(35)32(22(19)33)12-17-6-5-7-20(14(17)2)25(26,27)28/h5-11,19H,4,12-13H2,1-3H3. The molecule has 0 radical (unpaired) electrons. The van der Waals surface area contributed by atoms with Crippen molar-refractivity contribution in [2.24, 2.45) is 5.92 Å². The molecule has 2 heterocycles. The monoisotopic (exact) mass is 516 g/mol. The van der Waals surface area contributed by atoms with E-state index in [1.807, 2.05) is 0 Å². The summed E-state index contributed by atoms with van der Waals surface area (Å²) in [5.41, 5.74) is 0.0936.